The predicted molar refractivity (Wildman–Crippen MR) is 158 cm³/mol. The number of aryl methyl sites for hydroxylation is 2. The molecule has 8 nitrogen and oxygen atoms in total. The molecule has 3 aromatic rings. The van der Waals surface area contributed by atoms with E-state index in [9.17, 15) is 9.18 Å². The van der Waals surface area contributed by atoms with E-state index >= 15 is 0 Å². The Morgan fingerprint density at radius 1 is 1.10 bits per heavy atom. The van der Waals surface area contributed by atoms with Crippen LogP contribution in [0.5, 0.6) is 11.5 Å². The summed E-state index contributed by atoms with van der Waals surface area (Å²) in [5, 5.41) is 3.56. The molecule has 1 atom stereocenters. The Morgan fingerprint density at radius 3 is 2.54 bits per heavy atom. The number of rotatable bonds is 9. The Morgan fingerprint density at radius 2 is 1.80 bits per heavy atom. The van der Waals surface area contributed by atoms with Crippen molar-refractivity contribution in [2.75, 3.05) is 37.7 Å². The summed E-state index contributed by atoms with van der Waals surface area (Å²) in [5.41, 5.74) is 3.46. The van der Waals surface area contributed by atoms with Crippen molar-refractivity contribution in [1.29, 1.82) is 0 Å². The van der Waals surface area contributed by atoms with Crippen molar-refractivity contribution in [1.82, 2.24) is 20.2 Å². The van der Waals surface area contributed by atoms with E-state index in [0.29, 0.717) is 65.6 Å². The van der Waals surface area contributed by atoms with Crippen LogP contribution in [0.3, 0.4) is 0 Å². The minimum atomic E-state index is -0.266. The van der Waals surface area contributed by atoms with Gasteiger partial charge in [0, 0.05) is 60.6 Å². The molecule has 41 heavy (non-hydrogen) atoms. The number of benzene rings is 2. The van der Waals surface area contributed by atoms with Crippen LogP contribution in [0.15, 0.2) is 42.7 Å². The summed E-state index contributed by atoms with van der Waals surface area (Å²) in [7, 11) is 0. The van der Waals surface area contributed by atoms with Crippen LogP contribution in [0.4, 0.5) is 10.1 Å². The molecule has 0 aliphatic carbocycles. The number of fused-ring (bicyclic) bond motifs is 1. The highest BCUT2D eigenvalue weighted by molar-refractivity contribution is 6.30. The standard InChI is InChI=1S/C31H37ClFN5O3/c1-20(8-11-34-31(39)30-21(2)35-19-36-22(30)3)37-12-9-25(10-13-37)38(18-23-16-24(32)4-6-27(23)33)26-5-7-28-29(17-26)41-15-14-40-28/h4-7,16-17,19-20,25H,8-15,18H2,1-3H3,(H,34,39). The van der Waals surface area contributed by atoms with Gasteiger partial charge in [0.1, 0.15) is 25.4 Å². The van der Waals surface area contributed by atoms with Crippen LogP contribution in [-0.4, -0.2) is 65.7 Å². The van der Waals surface area contributed by atoms with Gasteiger partial charge in [0.15, 0.2) is 11.5 Å². The maximum Gasteiger partial charge on any atom is 0.254 e. The molecule has 3 heterocycles. The zero-order chi connectivity index (χ0) is 28.9. The zero-order valence-corrected chi connectivity index (χ0v) is 24.6. The summed E-state index contributed by atoms with van der Waals surface area (Å²) in [5.74, 6) is 1.05. The average Bonchev–Trinajstić information content (AvgIpc) is 2.97. The van der Waals surface area contributed by atoms with Crippen molar-refractivity contribution in [3.05, 3.63) is 76.1 Å². The summed E-state index contributed by atoms with van der Waals surface area (Å²) >= 11 is 6.23. The SMILES string of the molecule is Cc1ncnc(C)c1C(=O)NCCC(C)N1CCC(N(Cc2cc(Cl)ccc2F)c2ccc3c(c2)OCCO3)CC1. The number of nitrogens with one attached hydrogen (secondary N) is 1. The van der Waals surface area contributed by atoms with Gasteiger partial charge in [-0.3, -0.25) is 4.79 Å². The van der Waals surface area contributed by atoms with Gasteiger partial charge < -0.3 is 24.6 Å². The molecule has 0 saturated carbocycles. The molecule has 1 fully saturated rings. The van der Waals surface area contributed by atoms with E-state index < -0.39 is 0 Å². The van der Waals surface area contributed by atoms with Crippen LogP contribution in [0, 0.1) is 19.7 Å². The lowest BCUT2D eigenvalue weighted by molar-refractivity contribution is 0.0943. The van der Waals surface area contributed by atoms with Gasteiger partial charge in [-0.2, -0.15) is 0 Å². The Hall–Kier alpha value is -3.43. The Labute approximate surface area is 245 Å². The summed E-state index contributed by atoms with van der Waals surface area (Å²) < 4.78 is 26.4. The maximum absolute atomic E-state index is 14.8. The number of nitrogens with zero attached hydrogens (tertiary/aromatic N) is 4. The number of hydrogen-bond acceptors (Lipinski definition) is 7. The molecule has 1 N–H and O–H groups in total. The average molecular weight is 582 g/mol. The number of likely N-dealkylation sites (tertiary alicyclic amines) is 1. The Balaban J connectivity index is 1.22. The monoisotopic (exact) mass is 581 g/mol. The quantitative estimate of drug-likeness (QED) is 0.365. The predicted octanol–water partition coefficient (Wildman–Crippen LogP) is 5.34. The number of hydrogen-bond donors (Lipinski definition) is 1. The number of ether oxygens (including phenoxy) is 2. The molecule has 0 bridgehead atoms. The third-order valence-corrected chi connectivity index (χ3v) is 8.31. The van der Waals surface area contributed by atoms with Gasteiger partial charge in [-0.1, -0.05) is 11.6 Å². The molecule has 0 spiro atoms. The van der Waals surface area contributed by atoms with Crippen LogP contribution in [0.1, 0.15) is 53.5 Å². The van der Waals surface area contributed by atoms with Gasteiger partial charge in [-0.15, -0.1) is 0 Å². The van der Waals surface area contributed by atoms with E-state index in [1.54, 1.807) is 12.1 Å². The van der Waals surface area contributed by atoms with Crippen molar-refractivity contribution in [3.8, 4) is 11.5 Å². The molecule has 1 amide bonds. The molecule has 1 saturated heterocycles. The van der Waals surface area contributed by atoms with Crippen LogP contribution in [0.2, 0.25) is 5.02 Å². The molecule has 2 aromatic carbocycles. The zero-order valence-electron chi connectivity index (χ0n) is 23.8. The van der Waals surface area contributed by atoms with Crippen molar-refractivity contribution in [2.45, 2.75) is 58.7 Å². The number of carbonyl (C=O) groups excluding carboxylic acids is 1. The highest BCUT2D eigenvalue weighted by Gasteiger charge is 2.29. The van der Waals surface area contributed by atoms with E-state index in [1.807, 2.05) is 32.0 Å². The fourth-order valence-electron chi connectivity index (χ4n) is 5.72. The molecule has 2 aliphatic heterocycles. The fraction of sp³-hybridized carbons (Fsp3) is 0.452. The molecule has 1 unspecified atom stereocenters. The first-order valence-electron chi connectivity index (χ1n) is 14.2. The maximum atomic E-state index is 14.8. The van der Waals surface area contributed by atoms with Crippen LogP contribution in [0.25, 0.3) is 0 Å². The lowest BCUT2D eigenvalue weighted by atomic mass is 9.99. The number of aromatic nitrogens is 2. The number of carbonyl (C=O) groups is 1. The number of halogens is 2. The molecule has 5 rings (SSSR count). The van der Waals surface area contributed by atoms with Crippen molar-refractivity contribution in [3.63, 3.8) is 0 Å². The minimum absolute atomic E-state index is 0.130. The largest absolute Gasteiger partial charge is 0.486 e. The van der Waals surface area contributed by atoms with Crippen LogP contribution in [-0.2, 0) is 6.54 Å². The molecule has 10 heteroatoms. The van der Waals surface area contributed by atoms with Gasteiger partial charge in [-0.05, 0) is 70.4 Å². The second-order valence-corrected chi connectivity index (χ2v) is 11.2. The molecule has 1 aromatic heterocycles. The summed E-state index contributed by atoms with van der Waals surface area (Å²) in [6.45, 7) is 9.68. The molecular formula is C31H37ClFN5O3. The van der Waals surface area contributed by atoms with Crippen LogP contribution < -0.4 is 19.7 Å². The van der Waals surface area contributed by atoms with E-state index in [1.165, 1.54) is 12.4 Å². The lowest BCUT2D eigenvalue weighted by Crippen LogP contribution is -2.48. The van der Waals surface area contributed by atoms with Crippen molar-refractivity contribution in [2.24, 2.45) is 0 Å². The molecule has 0 radical (unpaired) electrons. The van der Waals surface area contributed by atoms with Crippen LogP contribution >= 0.6 is 11.6 Å². The summed E-state index contributed by atoms with van der Waals surface area (Å²) in [6.07, 6.45) is 4.16. The number of piperidine rings is 1. The second kappa shape index (κ2) is 13.0. The third kappa shape index (κ3) is 6.90. The number of anilines is 1. The lowest BCUT2D eigenvalue weighted by Gasteiger charge is -2.42. The van der Waals surface area contributed by atoms with Crippen molar-refractivity contribution >= 4 is 23.2 Å². The normalized spacial score (nSPS) is 16.3. The van der Waals surface area contributed by atoms with E-state index in [2.05, 4.69) is 32.0 Å². The van der Waals surface area contributed by atoms with Gasteiger partial charge in [0.05, 0.1) is 17.0 Å². The molecule has 2 aliphatic rings. The first kappa shape index (κ1) is 29.1. The van der Waals surface area contributed by atoms with Gasteiger partial charge >= 0.3 is 0 Å². The first-order valence-corrected chi connectivity index (χ1v) is 14.6. The third-order valence-electron chi connectivity index (χ3n) is 8.07. The Bertz CT molecular complexity index is 1360. The van der Waals surface area contributed by atoms with E-state index in [0.717, 1.165) is 43.8 Å². The van der Waals surface area contributed by atoms with E-state index in [-0.39, 0.29) is 17.8 Å². The molecule has 218 valence electrons. The van der Waals surface area contributed by atoms with Gasteiger partial charge in [-0.25, -0.2) is 14.4 Å². The number of amides is 1. The van der Waals surface area contributed by atoms with Crippen molar-refractivity contribution < 1.29 is 18.7 Å². The highest BCUT2D eigenvalue weighted by atomic mass is 35.5. The topological polar surface area (TPSA) is 79.8 Å². The van der Waals surface area contributed by atoms with Gasteiger partial charge in [0.25, 0.3) is 5.91 Å². The summed E-state index contributed by atoms with van der Waals surface area (Å²) in [4.78, 5) is 25.8. The van der Waals surface area contributed by atoms with Gasteiger partial charge in [0.2, 0.25) is 0 Å². The highest BCUT2D eigenvalue weighted by Crippen LogP contribution is 2.36. The fourth-order valence-corrected chi connectivity index (χ4v) is 5.91. The minimum Gasteiger partial charge on any atom is -0.486 e. The Kier molecular flexibility index (Phi) is 9.25. The van der Waals surface area contributed by atoms with E-state index in [4.69, 9.17) is 21.1 Å². The summed E-state index contributed by atoms with van der Waals surface area (Å²) in [6, 6.07) is 11.2. The smallest absolute Gasteiger partial charge is 0.254 e. The molecular weight excluding hydrogens is 545 g/mol. The second-order valence-electron chi connectivity index (χ2n) is 10.8. The first-order chi connectivity index (χ1) is 19.8.